The molecule has 2 aromatic rings. The van der Waals surface area contributed by atoms with Gasteiger partial charge in [-0.25, -0.2) is 9.97 Å². The zero-order valence-electron chi connectivity index (χ0n) is 13.9. The molecule has 0 radical (unpaired) electrons. The number of aliphatic hydroxyl groups excluding tert-OH is 1. The molecule has 0 amide bonds. The van der Waals surface area contributed by atoms with Gasteiger partial charge < -0.3 is 14.4 Å². The van der Waals surface area contributed by atoms with E-state index in [1.54, 1.807) is 6.33 Å². The molecule has 1 aliphatic carbocycles. The molecule has 3 heterocycles. The molecule has 2 unspecified atom stereocenters. The lowest BCUT2D eigenvalue weighted by atomic mass is 9.91. The fourth-order valence-electron chi connectivity index (χ4n) is 3.87. The van der Waals surface area contributed by atoms with Gasteiger partial charge in [-0.3, -0.25) is 0 Å². The predicted molar refractivity (Wildman–Crippen MR) is 95.1 cm³/mol. The Bertz CT molecular complexity index is 684. The third-order valence-electron chi connectivity index (χ3n) is 5.25. The van der Waals surface area contributed by atoms with E-state index in [1.807, 2.05) is 11.8 Å². The maximum absolute atomic E-state index is 9.27. The van der Waals surface area contributed by atoms with Crippen molar-refractivity contribution >= 4 is 22.8 Å². The molecule has 2 aromatic heterocycles. The number of aromatic nitrogens is 3. The summed E-state index contributed by atoms with van der Waals surface area (Å²) >= 11 is 1.87. The van der Waals surface area contributed by atoms with Crippen molar-refractivity contribution in [1.82, 2.24) is 14.5 Å². The zero-order valence-corrected chi connectivity index (χ0v) is 14.7. The van der Waals surface area contributed by atoms with Crippen molar-refractivity contribution in [2.24, 2.45) is 5.92 Å². The summed E-state index contributed by atoms with van der Waals surface area (Å²) in [5.74, 6) is 1.99. The molecule has 2 aliphatic rings. The monoisotopic (exact) mass is 347 g/mol. The van der Waals surface area contributed by atoms with Crippen molar-refractivity contribution in [2.45, 2.75) is 62.3 Å². The second kappa shape index (κ2) is 7.42. The second-order valence-electron chi connectivity index (χ2n) is 6.93. The molecule has 5 nitrogen and oxygen atoms in total. The van der Waals surface area contributed by atoms with E-state index in [9.17, 15) is 5.11 Å². The molecular weight excluding hydrogens is 322 g/mol. The molecule has 0 spiro atoms. The lowest BCUT2D eigenvalue weighted by molar-refractivity contribution is -0.0204. The molecule has 1 saturated carbocycles. The summed E-state index contributed by atoms with van der Waals surface area (Å²) in [5.41, 5.74) is 0.944. The Morgan fingerprint density at radius 3 is 2.83 bits per heavy atom. The lowest BCUT2D eigenvalue weighted by Crippen LogP contribution is -2.14. The van der Waals surface area contributed by atoms with E-state index < -0.39 is 0 Å². The number of nitrogens with zero attached hydrogens (tertiary/aromatic N) is 3. The van der Waals surface area contributed by atoms with Crippen LogP contribution in [0.1, 0.15) is 51.2 Å². The zero-order chi connectivity index (χ0) is 16.4. The molecular formula is C18H25N3O2S. The molecule has 0 bridgehead atoms. The van der Waals surface area contributed by atoms with Crippen LogP contribution in [-0.2, 0) is 4.74 Å². The van der Waals surface area contributed by atoms with Gasteiger partial charge in [0.2, 0.25) is 0 Å². The van der Waals surface area contributed by atoms with E-state index in [-0.39, 0.29) is 18.9 Å². The first kappa shape index (κ1) is 16.4. The lowest BCUT2D eigenvalue weighted by Gasteiger charge is -2.20. The third-order valence-corrected chi connectivity index (χ3v) is 6.49. The Morgan fingerprint density at radius 1 is 1.17 bits per heavy atom. The molecule has 0 aromatic carbocycles. The van der Waals surface area contributed by atoms with E-state index in [4.69, 9.17) is 4.74 Å². The summed E-state index contributed by atoms with van der Waals surface area (Å²) in [5, 5.41) is 11.5. The first-order valence-corrected chi connectivity index (χ1v) is 10.0. The second-order valence-corrected chi connectivity index (χ2v) is 7.94. The fourth-order valence-corrected chi connectivity index (χ4v) is 5.03. The SMILES string of the molecule is OCC1CCC(n2ccc3c(SCC4CCCCC4)ncnc32)O1. The van der Waals surface area contributed by atoms with E-state index >= 15 is 0 Å². The molecule has 4 rings (SSSR count). The standard InChI is InChI=1S/C18H25N3O2S/c22-10-14-6-7-16(23-14)21-9-8-15-17(21)19-12-20-18(15)24-11-13-4-2-1-3-5-13/h8-9,12-14,16,22H,1-7,10-11H2. The minimum atomic E-state index is -0.0468. The number of fused-ring (bicyclic) bond motifs is 1. The van der Waals surface area contributed by atoms with Gasteiger partial charge >= 0.3 is 0 Å². The summed E-state index contributed by atoms with van der Waals surface area (Å²) in [6, 6.07) is 2.11. The van der Waals surface area contributed by atoms with Crippen LogP contribution in [-0.4, -0.2) is 38.1 Å². The average Bonchev–Trinajstić information content (AvgIpc) is 3.27. The maximum Gasteiger partial charge on any atom is 0.146 e. The number of aliphatic hydroxyl groups is 1. The summed E-state index contributed by atoms with van der Waals surface area (Å²) in [6.45, 7) is 0.0905. The number of rotatable bonds is 5. The van der Waals surface area contributed by atoms with Crippen molar-refractivity contribution in [1.29, 1.82) is 0 Å². The average molecular weight is 347 g/mol. The van der Waals surface area contributed by atoms with Crippen LogP contribution in [0.25, 0.3) is 11.0 Å². The Morgan fingerprint density at radius 2 is 2.04 bits per heavy atom. The van der Waals surface area contributed by atoms with Crippen LogP contribution in [0.15, 0.2) is 23.6 Å². The van der Waals surface area contributed by atoms with Crippen LogP contribution in [0.4, 0.5) is 0 Å². The number of thioether (sulfide) groups is 1. The number of hydrogen-bond acceptors (Lipinski definition) is 5. The Balaban J connectivity index is 1.51. The highest BCUT2D eigenvalue weighted by Crippen LogP contribution is 2.35. The van der Waals surface area contributed by atoms with Gasteiger partial charge in [-0.15, -0.1) is 11.8 Å². The van der Waals surface area contributed by atoms with Gasteiger partial charge in [-0.05, 0) is 37.7 Å². The minimum absolute atomic E-state index is 0.0225. The van der Waals surface area contributed by atoms with Crippen molar-refractivity contribution in [3.8, 4) is 0 Å². The van der Waals surface area contributed by atoms with Crippen molar-refractivity contribution in [3.05, 3.63) is 18.6 Å². The third kappa shape index (κ3) is 3.32. The Kier molecular flexibility index (Phi) is 5.06. The first-order chi connectivity index (χ1) is 11.8. The topological polar surface area (TPSA) is 60.2 Å². The summed E-state index contributed by atoms with van der Waals surface area (Å²) in [6.07, 6.45) is 12.4. The smallest absolute Gasteiger partial charge is 0.146 e. The summed E-state index contributed by atoms with van der Waals surface area (Å²) in [4.78, 5) is 9.01. The van der Waals surface area contributed by atoms with Gasteiger partial charge in [0, 0.05) is 11.9 Å². The number of ether oxygens (including phenoxy) is 1. The molecule has 1 saturated heterocycles. The largest absolute Gasteiger partial charge is 0.394 e. The van der Waals surface area contributed by atoms with E-state index in [2.05, 4.69) is 26.8 Å². The molecule has 24 heavy (non-hydrogen) atoms. The van der Waals surface area contributed by atoms with Crippen molar-refractivity contribution < 1.29 is 9.84 Å². The van der Waals surface area contributed by atoms with Crippen molar-refractivity contribution in [2.75, 3.05) is 12.4 Å². The predicted octanol–water partition coefficient (Wildman–Crippen LogP) is 3.77. The van der Waals surface area contributed by atoms with Gasteiger partial charge in [-0.2, -0.15) is 0 Å². The summed E-state index contributed by atoms with van der Waals surface area (Å²) < 4.78 is 8.00. The van der Waals surface area contributed by atoms with Gasteiger partial charge in [0.05, 0.1) is 18.1 Å². The van der Waals surface area contributed by atoms with Crippen LogP contribution in [0.2, 0.25) is 0 Å². The Labute approximate surface area is 146 Å². The van der Waals surface area contributed by atoms with Gasteiger partial charge in [0.15, 0.2) is 0 Å². The molecule has 6 heteroatoms. The van der Waals surface area contributed by atoms with Crippen molar-refractivity contribution in [3.63, 3.8) is 0 Å². The van der Waals surface area contributed by atoms with E-state index in [0.29, 0.717) is 0 Å². The molecule has 1 N–H and O–H groups in total. The van der Waals surface area contributed by atoms with Gasteiger partial charge in [0.1, 0.15) is 23.2 Å². The fraction of sp³-hybridized carbons (Fsp3) is 0.667. The van der Waals surface area contributed by atoms with Crippen LogP contribution in [0, 0.1) is 5.92 Å². The normalized spacial score (nSPS) is 25.5. The van der Waals surface area contributed by atoms with Crippen LogP contribution in [0.3, 0.4) is 0 Å². The van der Waals surface area contributed by atoms with E-state index in [1.165, 1.54) is 32.1 Å². The number of hydrogen-bond donors (Lipinski definition) is 1. The highest BCUT2D eigenvalue weighted by molar-refractivity contribution is 7.99. The van der Waals surface area contributed by atoms with Gasteiger partial charge in [-0.1, -0.05) is 19.3 Å². The highest BCUT2D eigenvalue weighted by atomic mass is 32.2. The molecule has 2 atom stereocenters. The highest BCUT2D eigenvalue weighted by Gasteiger charge is 2.27. The molecule has 2 fully saturated rings. The Hall–Kier alpha value is -1.11. The van der Waals surface area contributed by atoms with Crippen LogP contribution in [0.5, 0.6) is 0 Å². The maximum atomic E-state index is 9.27. The van der Waals surface area contributed by atoms with E-state index in [0.717, 1.165) is 40.6 Å². The first-order valence-electron chi connectivity index (χ1n) is 9.06. The minimum Gasteiger partial charge on any atom is -0.394 e. The van der Waals surface area contributed by atoms with Crippen LogP contribution >= 0.6 is 11.8 Å². The summed E-state index contributed by atoms with van der Waals surface area (Å²) in [7, 11) is 0. The van der Waals surface area contributed by atoms with Gasteiger partial charge in [0.25, 0.3) is 0 Å². The van der Waals surface area contributed by atoms with Crippen LogP contribution < -0.4 is 0 Å². The quantitative estimate of drug-likeness (QED) is 0.659. The molecule has 1 aliphatic heterocycles. The molecule has 130 valence electrons.